The lowest BCUT2D eigenvalue weighted by atomic mass is 10.0. The number of phosphoric acid groups is 2. The zero-order chi connectivity index (χ0) is 68.2. The number of carbonyl (C=O) groups is 4. The van der Waals surface area contributed by atoms with Crippen molar-refractivity contribution in [3.8, 4) is 0 Å². The highest BCUT2D eigenvalue weighted by molar-refractivity contribution is 7.47. The Morgan fingerprint density at radius 3 is 0.634 bits per heavy atom. The molecule has 0 saturated heterocycles. The molecule has 0 aromatic carbocycles. The van der Waals surface area contributed by atoms with Gasteiger partial charge in [0.15, 0.2) is 12.2 Å². The normalized spacial score (nSPS) is 13.9. The van der Waals surface area contributed by atoms with E-state index >= 15 is 0 Å². The minimum absolute atomic E-state index is 0.107. The van der Waals surface area contributed by atoms with Crippen LogP contribution in [0.15, 0.2) is 0 Å². The van der Waals surface area contributed by atoms with Crippen LogP contribution >= 0.6 is 15.6 Å². The highest BCUT2D eigenvalue weighted by atomic mass is 31.2. The zero-order valence-corrected chi connectivity index (χ0v) is 62.0. The summed E-state index contributed by atoms with van der Waals surface area (Å²) in [6, 6.07) is 0. The van der Waals surface area contributed by atoms with Crippen LogP contribution < -0.4 is 0 Å². The van der Waals surface area contributed by atoms with Crippen LogP contribution in [0.2, 0.25) is 0 Å². The van der Waals surface area contributed by atoms with Crippen LogP contribution in [0.3, 0.4) is 0 Å². The molecule has 552 valence electrons. The van der Waals surface area contributed by atoms with Crippen molar-refractivity contribution in [3.05, 3.63) is 0 Å². The van der Waals surface area contributed by atoms with Crippen molar-refractivity contribution in [3.63, 3.8) is 0 Å². The van der Waals surface area contributed by atoms with Gasteiger partial charge in [0.2, 0.25) is 0 Å². The van der Waals surface area contributed by atoms with Gasteiger partial charge in [0, 0.05) is 25.7 Å². The average molecular weight is 1370 g/mol. The number of carbonyl (C=O) groups excluding carboxylic acids is 4. The van der Waals surface area contributed by atoms with E-state index in [1.807, 2.05) is 0 Å². The average Bonchev–Trinajstić information content (AvgIpc) is 2.83. The molecule has 0 aromatic rings. The second-order valence-electron chi connectivity index (χ2n) is 26.7. The number of aliphatic hydroxyl groups excluding tert-OH is 1. The Morgan fingerprint density at radius 2 is 0.430 bits per heavy atom. The molecule has 0 heterocycles. The van der Waals surface area contributed by atoms with E-state index in [4.69, 9.17) is 37.0 Å². The van der Waals surface area contributed by atoms with Gasteiger partial charge in [0.25, 0.3) is 0 Å². The first-order valence-electron chi connectivity index (χ1n) is 38.8. The molecule has 93 heavy (non-hydrogen) atoms. The number of unbranched alkanes of at least 4 members (excludes halogenated alkanes) is 49. The van der Waals surface area contributed by atoms with E-state index in [-0.39, 0.29) is 25.7 Å². The monoisotopic (exact) mass is 1370 g/mol. The molecule has 17 nitrogen and oxygen atoms in total. The number of rotatable bonds is 75. The van der Waals surface area contributed by atoms with Crippen LogP contribution in [0.25, 0.3) is 0 Å². The number of aliphatic hydroxyl groups is 1. The maximum atomic E-state index is 13.1. The number of esters is 4. The first kappa shape index (κ1) is 91.1. The zero-order valence-electron chi connectivity index (χ0n) is 60.2. The molecular formula is C74H144O17P2. The van der Waals surface area contributed by atoms with Crippen LogP contribution in [0.4, 0.5) is 0 Å². The summed E-state index contributed by atoms with van der Waals surface area (Å²) in [5.41, 5.74) is 0. The van der Waals surface area contributed by atoms with Gasteiger partial charge in [-0.2, -0.15) is 0 Å². The molecule has 0 aliphatic heterocycles. The molecular weight excluding hydrogens is 1220 g/mol. The maximum absolute atomic E-state index is 13.1. The molecule has 5 atom stereocenters. The Hall–Kier alpha value is -1.94. The summed E-state index contributed by atoms with van der Waals surface area (Å²) < 4.78 is 68.2. The first-order chi connectivity index (χ1) is 45.2. The van der Waals surface area contributed by atoms with E-state index < -0.39 is 97.5 Å². The Kier molecular flexibility index (Phi) is 67.1. The Labute approximate surface area is 568 Å². The largest absolute Gasteiger partial charge is 0.472 e. The highest BCUT2D eigenvalue weighted by Crippen LogP contribution is 2.45. The first-order valence-corrected chi connectivity index (χ1v) is 41.8. The molecule has 0 aromatic heterocycles. The summed E-state index contributed by atoms with van der Waals surface area (Å²) in [6.07, 6.45) is 58.6. The third-order valence-electron chi connectivity index (χ3n) is 17.4. The van der Waals surface area contributed by atoms with E-state index in [1.54, 1.807) is 0 Å². The minimum Gasteiger partial charge on any atom is -0.462 e. The summed E-state index contributed by atoms with van der Waals surface area (Å²) in [4.78, 5) is 72.4. The van der Waals surface area contributed by atoms with Gasteiger partial charge in [-0.1, -0.05) is 342 Å². The number of ether oxygens (including phenoxy) is 4. The third-order valence-corrected chi connectivity index (χ3v) is 19.3. The SMILES string of the molecule is CCCCCCCCCCCCCCCCCCCCC(=O)O[C@H](COC(=O)CCCCCCCCCCCCCCCCCCC)COP(=O)(O)OC[C@@H](O)COP(=O)(O)OC[C@@H](COC(=O)CCCCCCC)OC(=O)CCCCCCCCCCCCCCC. The molecule has 19 heteroatoms. The fourth-order valence-corrected chi connectivity index (χ4v) is 13.0. The molecule has 0 radical (unpaired) electrons. The number of hydrogen-bond acceptors (Lipinski definition) is 15. The fourth-order valence-electron chi connectivity index (χ4n) is 11.4. The van der Waals surface area contributed by atoms with Crippen molar-refractivity contribution in [1.82, 2.24) is 0 Å². The topological polar surface area (TPSA) is 237 Å². The summed E-state index contributed by atoms with van der Waals surface area (Å²) in [5, 5.41) is 10.6. The number of hydrogen-bond donors (Lipinski definition) is 3. The Morgan fingerprint density at radius 1 is 0.258 bits per heavy atom. The third kappa shape index (κ3) is 68.4. The van der Waals surface area contributed by atoms with Crippen molar-refractivity contribution in [2.24, 2.45) is 0 Å². The summed E-state index contributed by atoms with van der Waals surface area (Å²) >= 11 is 0. The fraction of sp³-hybridized carbons (Fsp3) is 0.946. The van der Waals surface area contributed by atoms with Crippen LogP contribution in [-0.4, -0.2) is 96.7 Å². The molecule has 0 rings (SSSR count). The molecule has 0 saturated carbocycles. The Balaban J connectivity index is 5.14. The number of phosphoric ester groups is 2. The molecule has 0 fully saturated rings. The quantitative estimate of drug-likeness (QED) is 0.0222. The van der Waals surface area contributed by atoms with Gasteiger partial charge < -0.3 is 33.8 Å². The van der Waals surface area contributed by atoms with Gasteiger partial charge in [-0.25, -0.2) is 9.13 Å². The van der Waals surface area contributed by atoms with Gasteiger partial charge in [-0.3, -0.25) is 37.3 Å². The van der Waals surface area contributed by atoms with Crippen LogP contribution in [0, 0.1) is 0 Å². The van der Waals surface area contributed by atoms with Crippen LogP contribution in [0.1, 0.15) is 394 Å². The van der Waals surface area contributed by atoms with Crippen molar-refractivity contribution in [2.75, 3.05) is 39.6 Å². The van der Waals surface area contributed by atoms with E-state index in [0.717, 1.165) is 96.3 Å². The van der Waals surface area contributed by atoms with Gasteiger partial charge in [-0.15, -0.1) is 0 Å². The standard InChI is InChI=1S/C74H144O17P2/c1-5-9-13-17-20-23-26-29-31-33-35-37-40-43-46-49-53-57-61-74(79)91-70(65-85-72(77)59-55-51-47-44-41-39-36-34-32-30-27-24-21-18-14-10-6-2)67-89-93(82,83)87-63-68(75)62-86-92(80,81)88-66-69(64-84-71(76)58-54-50-16-12-8-4)90-73(78)60-56-52-48-45-42-38-28-25-22-19-15-11-7-3/h68-70,75H,5-67H2,1-4H3,(H,80,81)(H,82,83)/t68-,69+,70+/m0/s1. The maximum Gasteiger partial charge on any atom is 0.472 e. The van der Waals surface area contributed by atoms with E-state index in [0.29, 0.717) is 25.7 Å². The minimum atomic E-state index is -4.95. The molecule has 0 bridgehead atoms. The summed E-state index contributed by atoms with van der Waals surface area (Å²) in [6.45, 7) is 4.89. The van der Waals surface area contributed by atoms with Crippen molar-refractivity contribution in [2.45, 2.75) is 412 Å². The molecule has 3 N–H and O–H groups in total. The summed E-state index contributed by atoms with van der Waals surface area (Å²) in [5.74, 6) is -2.12. The lowest BCUT2D eigenvalue weighted by Gasteiger charge is -2.21. The predicted octanol–water partition coefficient (Wildman–Crippen LogP) is 21.8. The van der Waals surface area contributed by atoms with E-state index in [2.05, 4.69) is 27.7 Å². The molecule has 0 spiro atoms. The summed E-state index contributed by atoms with van der Waals surface area (Å²) in [7, 11) is -9.89. The van der Waals surface area contributed by atoms with E-state index in [9.17, 15) is 43.2 Å². The molecule has 2 unspecified atom stereocenters. The van der Waals surface area contributed by atoms with Crippen molar-refractivity contribution < 1.29 is 80.2 Å². The highest BCUT2D eigenvalue weighted by Gasteiger charge is 2.30. The second kappa shape index (κ2) is 68.6. The lowest BCUT2D eigenvalue weighted by molar-refractivity contribution is -0.161. The van der Waals surface area contributed by atoms with Crippen LogP contribution in [0.5, 0.6) is 0 Å². The predicted molar refractivity (Wildman–Crippen MR) is 377 cm³/mol. The smallest absolute Gasteiger partial charge is 0.462 e. The lowest BCUT2D eigenvalue weighted by Crippen LogP contribution is -2.30. The molecule has 0 amide bonds. The van der Waals surface area contributed by atoms with Crippen molar-refractivity contribution in [1.29, 1.82) is 0 Å². The second-order valence-corrected chi connectivity index (χ2v) is 29.6. The van der Waals surface area contributed by atoms with Crippen molar-refractivity contribution >= 4 is 39.5 Å². The molecule has 0 aliphatic carbocycles. The van der Waals surface area contributed by atoms with Gasteiger partial charge in [-0.05, 0) is 25.7 Å². The Bertz CT molecular complexity index is 1770. The van der Waals surface area contributed by atoms with Gasteiger partial charge in [0.1, 0.15) is 19.3 Å². The van der Waals surface area contributed by atoms with Gasteiger partial charge in [0.05, 0.1) is 26.4 Å². The van der Waals surface area contributed by atoms with Gasteiger partial charge >= 0.3 is 39.5 Å². The molecule has 0 aliphatic rings. The van der Waals surface area contributed by atoms with Crippen LogP contribution in [-0.2, 0) is 65.4 Å². The van der Waals surface area contributed by atoms with E-state index in [1.165, 1.54) is 218 Å².